The molecule has 1 aliphatic heterocycles. The van der Waals surface area contributed by atoms with Crippen LogP contribution in [-0.4, -0.2) is 31.0 Å². The van der Waals surface area contributed by atoms with Crippen LogP contribution in [-0.2, 0) is 0 Å². The first kappa shape index (κ1) is 13.2. The molecule has 0 unspecified atom stereocenters. The number of amides is 1. The minimum Gasteiger partial charge on any atom is -0.396 e. The fourth-order valence-corrected chi connectivity index (χ4v) is 2.54. The van der Waals surface area contributed by atoms with Crippen LogP contribution in [0.15, 0.2) is 36.4 Å². The van der Waals surface area contributed by atoms with Gasteiger partial charge in [0.05, 0.1) is 17.1 Å². The number of primary amides is 1. The summed E-state index contributed by atoms with van der Waals surface area (Å²) in [5, 5.41) is 0. The first-order valence-corrected chi connectivity index (χ1v) is 6.72. The summed E-state index contributed by atoms with van der Waals surface area (Å²) in [4.78, 5) is 19.9. The summed E-state index contributed by atoms with van der Waals surface area (Å²) >= 11 is 0. The molecule has 6 nitrogen and oxygen atoms in total. The maximum Gasteiger partial charge on any atom is 0.267 e. The quantitative estimate of drug-likeness (QED) is 0.868. The summed E-state index contributed by atoms with van der Waals surface area (Å²) in [7, 11) is 2.05. The minimum absolute atomic E-state index is 0.218. The lowest BCUT2D eigenvalue weighted by atomic mass is 10.1. The number of nitrogens with two attached hydrogens (primary N) is 2. The number of likely N-dealkylation sites (N-methyl/N-ethyl adjacent to an activating group) is 1. The van der Waals surface area contributed by atoms with Crippen LogP contribution < -0.4 is 21.3 Å². The Morgan fingerprint density at radius 1 is 1.14 bits per heavy atom. The van der Waals surface area contributed by atoms with E-state index in [0.717, 1.165) is 24.5 Å². The lowest BCUT2D eigenvalue weighted by Gasteiger charge is -2.36. The molecule has 0 saturated carbocycles. The maximum atomic E-state index is 11.3. The number of pyridine rings is 1. The second kappa shape index (κ2) is 4.97. The van der Waals surface area contributed by atoms with Crippen molar-refractivity contribution in [3.8, 4) is 0 Å². The first-order valence-electron chi connectivity index (χ1n) is 6.72. The zero-order chi connectivity index (χ0) is 15.0. The Balaban J connectivity index is 2.11. The second-order valence-electron chi connectivity index (χ2n) is 5.04. The van der Waals surface area contributed by atoms with E-state index in [9.17, 15) is 4.79 Å². The van der Waals surface area contributed by atoms with Crippen molar-refractivity contribution in [2.24, 2.45) is 5.73 Å². The number of carbonyl (C=O) groups excluding carboxylic acids is 1. The number of para-hydroxylation sites is 2. The molecule has 1 aliphatic rings. The molecule has 108 valence electrons. The summed E-state index contributed by atoms with van der Waals surface area (Å²) in [6.07, 6.45) is 0. The highest BCUT2D eigenvalue weighted by Crippen LogP contribution is 2.37. The normalized spacial score (nSPS) is 14.0. The first-order chi connectivity index (χ1) is 10.1. The van der Waals surface area contributed by atoms with Gasteiger partial charge < -0.3 is 21.3 Å². The number of aromatic nitrogens is 1. The summed E-state index contributed by atoms with van der Waals surface area (Å²) in [5.74, 6) is 0.0190. The zero-order valence-electron chi connectivity index (χ0n) is 11.8. The van der Waals surface area contributed by atoms with Crippen molar-refractivity contribution < 1.29 is 4.79 Å². The van der Waals surface area contributed by atoms with Gasteiger partial charge in [-0.15, -0.1) is 0 Å². The monoisotopic (exact) mass is 283 g/mol. The van der Waals surface area contributed by atoms with Crippen LogP contribution in [0.5, 0.6) is 0 Å². The number of benzene rings is 1. The molecule has 21 heavy (non-hydrogen) atoms. The van der Waals surface area contributed by atoms with Gasteiger partial charge in [0.2, 0.25) is 0 Å². The summed E-state index contributed by atoms with van der Waals surface area (Å²) in [5.41, 5.74) is 14.2. The smallest absolute Gasteiger partial charge is 0.267 e. The van der Waals surface area contributed by atoms with E-state index in [1.807, 2.05) is 30.1 Å². The van der Waals surface area contributed by atoms with Crippen molar-refractivity contribution in [3.63, 3.8) is 0 Å². The molecule has 2 aromatic rings. The van der Waals surface area contributed by atoms with Gasteiger partial charge in [-0.2, -0.15) is 0 Å². The van der Waals surface area contributed by atoms with Crippen LogP contribution in [0.1, 0.15) is 10.5 Å². The molecule has 0 saturated heterocycles. The van der Waals surface area contributed by atoms with Gasteiger partial charge in [0, 0.05) is 20.1 Å². The molecule has 0 bridgehead atoms. The molecular formula is C15H17N5O. The van der Waals surface area contributed by atoms with Crippen molar-refractivity contribution in [1.82, 2.24) is 4.98 Å². The number of carbonyl (C=O) groups is 1. The lowest BCUT2D eigenvalue weighted by Crippen LogP contribution is -2.37. The number of rotatable bonds is 2. The Labute approximate surface area is 123 Å². The van der Waals surface area contributed by atoms with Gasteiger partial charge in [-0.25, -0.2) is 4.98 Å². The minimum atomic E-state index is -0.557. The Hall–Kier alpha value is -2.76. The van der Waals surface area contributed by atoms with Crippen molar-refractivity contribution in [3.05, 3.63) is 42.1 Å². The number of anilines is 4. The topological polar surface area (TPSA) is 88.5 Å². The van der Waals surface area contributed by atoms with E-state index in [1.54, 1.807) is 12.1 Å². The van der Waals surface area contributed by atoms with Gasteiger partial charge in [-0.05, 0) is 24.3 Å². The molecule has 0 atom stereocenters. The number of hydrogen-bond acceptors (Lipinski definition) is 5. The van der Waals surface area contributed by atoms with Crippen LogP contribution in [0.2, 0.25) is 0 Å². The Bertz CT molecular complexity index is 700. The van der Waals surface area contributed by atoms with E-state index in [4.69, 9.17) is 11.5 Å². The van der Waals surface area contributed by atoms with E-state index in [2.05, 4.69) is 16.0 Å². The molecule has 0 radical (unpaired) electrons. The molecule has 0 fully saturated rings. The highest BCUT2D eigenvalue weighted by molar-refractivity contribution is 5.92. The fraction of sp³-hybridized carbons (Fsp3) is 0.200. The van der Waals surface area contributed by atoms with Crippen molar-refractivity contribution in [2.75, 3.05) is 35.7 Å². The van der Waals surface area contributed by atoms with E-state index in [0.29, 0.717) is 11.5 Å². The Morgan fingerprint density at radius 3 is 2.57 bits per heavy atom. The van der Waals surface area contributed by atoms with Crippen LogP contribution in [0, 0.1) is 0 Å². The second-order valence-corrected chi connectivity index (χ2v) is 5.04. The number of fused-ring (bicyclic) bond motifs is 1. The number of nitrogen functional groups attached to an aromatic ring is 1. The van der Waals surface area contributed by atoms with Crippen molar-refractivity contribution >= 4 is 28.8 Å². The average Bonchev–Trinajstić information content (AvgIpc) is 2.49. The molecule has 2 heterocycles. The van der Waals surface area contributed by atoms with Crippen LogP contribution in [0.4, 0.5) is 22.9 Å². The zero-order valence-corrected chi connectivity index (χ0v) is 11.8. The summed E-state index contributed by atoms with van der Waals surface area (Å²) in [6.45, 7) is 1.59. The fourth-order valence-electron chi connectivity index (χ4n) is 2.54. The van der Waals surface area contributed by atoms with Gasteiger partial charge in [-0.3, -0.25) is 4.79 Å². The summed E-state index contributed by atoms with van der Waals surface area (Å²) < 4.78 is 0. The molecule has 1 aromatic carbocycles. The Kier molecular flexibility index (Phi) is 3.13. The molecule has 1 amide bonds. The third kappa shape index (κ3) is 2.24. The maximum absolute atomic E-state index is 11.3. The van der Waals surface area contributed by atoms with Crippen LogP contribution >= 0.6 is 0 Å². The Morgan fingerprint density at radius 2 is 1.86 bits per heavy atom. The number of nitrogens with zero attached hydrogens (tertiary/aromatic N) is 3. The van der Waals surface area contributed by atoms with E-state index in [-0.39, 0.29) is 5.69 Å². The van der Waals surface area contributed by atoms with Crippen molar-refractivity contribution in [2.45, 2.75) is 0 Å². The van der Waals surface area contributed by atoms with Gasteiger partial charge in [0.1, 0.15) is 5.69 Å². The lowest BCUT2D eigenvalue weighted by molar-refractivity contribution is 0.0995. The highest BCUT2D eigenvalue weighted by atomic mass is 16.1. The van der Waals surface area contributed by atoms with Crippen LogP contribution in [0.25, 0.3) is 0 Å². The molecule has 3 rings (SSSR count). The third-order valence-corrected chi connectivity index (χ3v) is 3.66. The molecule has 6 heteroatoms. The van der Waals surface area contributed by atoms with Gasteiger partial charge in [0.15, 0.2) is 5.82 Å². The standard InChI is InChI=1S/C15H17N5O/c1-19-8-9-20(13-5-3-2-4-12(13)19)15-10(16)6-7-11(18-15)14(17)21/h2-7H,8-9,16H2,1H3,(H2,17,21). The SMILES string of the molecule is CN1CCN(c2nc(C(N)=O)ccc2N)c2ccccc21. The van der Waals surface area contributed by atoms with Crippen LogP contribution in [0.3, 0.4) is 0 Å². The van der Waals surface area contributed by atoms with Crippen molar-refractivity contribution in [1.29, 1.82) is 0 Å². The van der Waals surface area contributed by atoms with E-state index < -0.39 is 5.91 Å². The molecule has 4 N–H and O–H groups in total. The van der Waals surface area contributed by atoms with Gasteiger partial charge >= 0.3 is 0 Å². The molecule has 0 aliphatic carbocycles. The summed E-state index contributed by atoms with van der Waals surface area (Å²) in [6, 6.07) is 11.2. The largest absolute Gasteiger partial charge is 0.396 e. The molecule has 1 aromatic heterocycles. The predicted molar refractivity (Wildman–Crippen MR) is 83.9 cm³/mol. The van der Waals surface area contributed by atoms with E-state index in [1.165, 1.54) is 0 Å². The van der Waals surface area contributed by atoms with E-state index >= 15 is 0 Å². The van der Waals surface area contributed by atoms with Gasteiger partial charge in [-0.1, -0.05) is 12.1 Å². The third-order valence-electron chi connectivity index (χ3n) is 3.66. The number of hydrogen-bond donors (Lipinski definition) is 2. The highest BCUT2D eigenvalue weighted by Gasteiger charge is 2.24. The predicted octanol–water partition coefficient (Wildman–Crippen LogP) is 1.35. The molecule has 0 spiro atoms. The average molecular weight is 283 g/mol. The molecular weight excluding hydrogens is 266 g/mol. The van der Waals surface area contributed by atoms with Gasteiger partial charge in [0.25, 0.3) is 5.91 Å².